The normalized spacial score (nSPS) is 18.3. The summed E-state index contributed by atoms with van der Waals surface area (Å²) in [6.07, 6.45) is 2.40. The Morgan fingerprint density at radius 3 is 2.78 bits per heavy atom. The molecule has 7 nitrogen and oxygen atoms in total. The van der Waals surface area contributed by atoms with E-state index in [1.165, 1.54) is 6.07 Å². The number of rotatable bonds is 4. The molecule has 1 aliphatic heterocycles. The van der Waals surface area contributed by atoms with Gasteiger partial charge in [0.1, 0.15) is 17.3 Å². The van der Waals surface area contributed by atoms with Crippen LogP contribution in [0.1, 0.15) is 39.9 Å². The number of fused-ring (bicyclic) bond motifs is 1. The minimum absolute atomic E-state index is 0.129. The first-order valence-electron chi connectivity index (χ1n) is 10.6. The van der Waals surface area contributed by atoms with Gasteiger partial charge in [0.25, 0.3) is 5.91 Å². The topological polar surface area (TPSA) is 75.4 Å². The highest BCUT2D eigenvalue weighted by molar-refractivity contribution is 5.92. The number of hydrogen-bond acceptors (Lipinski definition) is 5. The van der Waals surface area contributed by atoms with Crippen molar-refractivity contribution in [2.24, 2.45) is 0 Å². The molecule has 0 spiro atoms. The maximum atomic E-state index is 14.0. The Bertz CT molecular complexity index is 1300. The molecule has 1 aliphatic rings. The van der Waals surface area contributed by atoms with Gasteiger partial charge in [-0.25, -0.2) is 18.9 Å². The van der Waals surface area contributed by atoms with E-state index in [9.17, 15) is 9.18 Å². The summed E-state index contributed by atoms with van der Waals surface area (Å²) in [5.41, 5.74) is 3.72. The highest BCUT2D eigenvalue weighted by Crippen LogP contribution is 2.36. The monoisotopic (exact) mass is 430 g/mol. The number of amides is 1. The molecule has 1 unspecified atom stereocenters. The molecule has 1 aromatic carbocycles. The molecule has 1 fully saturated rings. The van der Waals surface area contributed by atoms with Crippen molar-refractivity contribution < 1.29 is 9.18 Å². The van der Waals surface area contributed by atoms with Crippen LogP contribution in [-0.4, -0.2) is 38.1 Å². The van der Waals surface area contributed by atoms with Crippen molar-refractivity contribution in [2.45, 2.75) is 32.4 Å². The van der Waals surface area contributed by atoms with Crippen molar-refractivity contribution in [3.63, 3.8) is 0 Å². The Kier molecular flexibility index (Phi) is 5.05. The van der Waals surface area contributed by atoms with Gasteiger partial charge in [0, 0.05) is 18.3 Å². The summed E-state index contributed by atoms with van der Waals surface area (Å²) in [6.45, 7) is 4.35. The maximum absolute atomic E-state index is 14.0. The second kappa shape index (κ2) is 8.03. The van der Waals surface area contributed by atoms with Crippen LogP contribution in [0, 0.1) is 19.7 Å². The van der Waals surface area contributed by atoms with Gasteiger partial charge in [-0.3, -0.25) is 4.79 Å². The molecule has 0 bridgehead atoms. The Hall–Kier alpha value is -3.81. The summed E-state index contributed by atoms with van der Waals surface area (Å²) >= 11 is 0. The van der Waals surface area contributed by atoms with Gasteiger partial charge < -0.3 is 10.2 Å². The quantitative estimate of drug-likeness (QED) is 0.535. The Morgan fingerprint density at radius 1 is 1.12 bits per heavy atom. The summed E-state index contributed by atoms with van der Waals surface area (Å²) in [5, 5.41) is 7.86. The van der Waals surface area contributed by atoms with Gasteiger partial charge in [-0.05, 0) is 62.2 Å². The van der Waals surface area contributed by atoms with Gasteiger partial charge in [0.2, 0.25) is 0 Å². The lowest BCUT2D eigenvalue weighted by Crippen LogP contribution is -2.37. The number of carbonyl (C=O) groups is 1. The van der Waals surface area contributed by atoms with Crippen molar-refractivity contribution in [3.8, 4) is 0 Å². The van der Waals surface area contributed by atoms with Crippen LogP contribution >= 0.6 is 0 Å². The van der Waals surface area contributed by atoms with E-state index in [0.717, 1.165) is 28.4 Å². The van der Waals surface area contributed by atoms with E-state index in [1.807, 2.05) is 44.2 Å². The standard InChI is InChI=1S/C24H23FN6O/c1-15-5-3-8-20(27-15)24(32)28-19-12-21(17-6-4-7-18(25)11-17)30(14-19)23-10-9-22-26-13-16(2)31(22)29-23/h3-11,13,19,21H,12,14H2,1-2H3,(H,28,32)/t19?,21-/m1/s1. The van der Waals surface area contributed by atoms with Crippen LogP contribution < -0.4 is 10.2 Å². The number of benzene rings is 1. The van der Waals surface area contributed by atoms with Gasteiger partial charge in [0.05, 0.1) is 17.9 Å². The van der Waals surface area contributed by atoms with Gasteiger partial charge in [-0.1, -0.05) is 18.2 Å². The second-order valence-corrected chi connectivity index (χ2v) is 8.15. The third kappa shape index (κ3) is 3.79. The summed E-state index contributed by atoms with van der Waals surface area (Å²) in [6, 6.07) is 15.5. The molecule has 0 aliphatic carbocycles. The molecule has 32 heavy (non-hydrogen) atoms. The van der Waals surface area contributed by atoms with E-state index in [0.29, 0.717) is 18.7 Å². The Morgan fingerprint density at radius 2 is 1.97 bits per heavy atom. The van der Waals surface area contributed by atoms with E-state index in [-0.39, 0.29) is 23.8 Å². The summed E-state index contributed by atoms with van der Waals surface area (Å²) in [4.78, 5) is 23.6. The third-order valence-electron chi connectivity index (χ3n) is 5.80. The largest absolute Gasteiger partial charge is 0.346 e. The lowest BCUT2D eigenvalue weighted by molar-refractivity contribution is 0.0934. The number of aryl methyl sites for hydroxylation is 2. The number of aromatic nitrogens is 4. The van der Waals surface area contributed by atoms with Crippen LogP contribution in [0.4, 0.5) is 10.2 Å². The summed E-state index contributed by atoms with van der Waals surface area (Å²) in [7, 11) is 0. The van der Waals surface area contributed by atoms with Gasteiger partial charge in [0.15, 0.2) is 5.65 Å². The third-order valence-corrected chi connectivity index (χ3v) is 5.80. The van der Waals surface area contributed by atoms with Gasteiger partial charge in [-0.15, -0.1) is 5.10 Å². The molecule has 0 saturated carbocycles. The van der Waals surface area contributed by atoms with Gasteiger partial charge in [-0.2, -0.15) is 0 Å². The Balaban J connectivity index is 1.46. The number of imidazole rings is 1. The SMILES string of the molecule is Cc1cccc(C(=O)NC2C[C@H](c3cccc(F)c3)N(c3ccc4ncc(C)n4n3)C2)n1. The van der Waals surface area contributed by atoms with Crippen molar-refractivity contribution in [1.29, 1.82) is 0 Å². The van der Waals surface area contributed by atoms with Crippen LogP contribution in [0.15, 0.2) is 60.8 Å². The lowest BCUT2D eigenvalue weighted by atomic mass is 10.0. The fourth-order valence-electron chi connectivity index (χ4n) is 4.28. The highest BCUT2D eigenvalue weighted by Gasteiger charge is 2.35. The predicted octanol–water partition coefficient (Wildman–Crippen LogP) is 3.63. The summed E-state index contributed by atoms with van der Waals surface area (Å²) < 4.78 is 15.8. The Labute approximate surface area is 184 Å². The van der Waals surface area contributed by atoms with Crippen LogP contribution in [0.3, 0.4) is 0 Å². The fraction of sp³-hybridized carbons (Fsp3) is 0.250. The van der Waals surface area contributed by atoms with E-state index in [4.69, 9.17) is 5.10 Å². The number of carbonyl (C=O) groups excluding carboxylic acids is 1. The minimum Gasteiger partial charge on any atom is -0.346 e. The molecule has 1 saturated heterocycles. The van der Waals surface area contributed by atoms with Crippen molar-refractivity contribution in [1.82, 2.24) is 24.9 Å². The molecule has 0 radical (unpaired) electrons. The molecule has 162 valence electrons. The molecule has 3 aromatic heterocycles. The smallest absolute Gasteiger partial charge is 0.270 e. The zero-order valence-electron chi connectivity index (χ0n) is 17.9. The average molecular weight is 430 g/mol. The maximum Gasteiger partial charge on any atom is 0.270 e. The minimum atomic E-state index is -0.284. The highest BCUT2D eigenvalue weighted by atomic mass is 19.1. The molecular formula is C24H23FN6O. The fourth-order valence-corrected chi connectivity index (χ4v) is 4.28. The number of anilines is 1. The van der Waals surface area contributed by atoms with Crippen LogP contribution in [0.2, 0.25) is 0 Å². The molecule has 1 amide bonds. The zero-order valence-corrected chi connectivity index (χ0v) is 17.9. The molecular weight excluding hydrogens is 407 g/mol. The first kappa shape index (κ1) is 20.1. The number of halogens is 1. The molecule has 8 heteroatoms. The van der Waals surface area contributed by atoms with Crippen LogP contribution in [-0.2, 0) is 0 Å². The van der Waals surface area contributed by atoms with Crippen molar-refractivity contribution in [3.05, 3.63) is 89.3 Å². The number of nitrogens with one attached hydrogen (secondary N) is 1. The van der Waals surface area contributed by atoms with E-state index in [1.54, 1.807) is 28.9 Å². The number of hydrogen-bond donors (Lipinski definition) is 1. The van der Waals surface area contributed by atoms with Gasteiger partial charge >= 0.3 is 0 Å². The summed E-state index contributed by atoms with van der Waals surface area (Å²) in [5.74, 6) is 0.249. The molecule has 4 heterocycles. The van der Waals surface area contributed by atoms with E-state index >= 15 is 0 Å². The van der Waals surface area contributed by atoms with E-state index in [2.05, 4.69) is 20.2 Å². The van der Waals surface area contributed by atoms with Crippen molar-refractivity contribution in [2.75, 3.05) is 11.4 Å². The van der Waals surface area contributed by atoms with Crippen LogP contribution in [0.25, 0.3) is 5.65 Å². The molecule has 2 atom stereocenters. The van der Waals surface area contributed by atoms with Crippen LogP contribution in [0.5, 0.6) is 0 Å². The average Bonchev–Trinajstić information content (AvgIpc) is 3.37. The molecule has 5 rings (SSSR count). The lowest BCUT2D eigenvalue weighted by Gasteiger charge is -2.26. The number of nitrogens with zero attached hydrogens (tertiary/aromatic N) is 5. The zero-order chi connectivity index (χ0) is 22.2. The number of pyridine rings is 1. The predicted molar refractivity (Wildman–Crippen MR) is 119 cm³/mol. The first-order chi connectivity index (χ1) is 15.5. The first-order valence-corrected chi connectivity index (χ1v) is 10.6. The molecule has 4 aromatic rings. The van der Waals surface area contributed by atoms with Crippen molar-refractivity contribution >= 4 is 17.4 Å². The van der Waals surface area contributed by atoms with E-state index < -0.39 is 0 Å². The second-order valence-electron chi connectivity index (χ2n) is 8.15. The molecule has 1 N–H and O–H groups in total.